The van der Waals surface area contributed by atoms with Crippen LogP contribution in [0.15, 0.2) is 42.1 Å². The lowest BCUT2D eigenvalue weighted by molar-refractivity contribution is -0.115. The third-order valence-electron chi connectivity index (χ3n) is 2.14. The Hall–Kier alpha value is -2.30. The fourth-order valence-corrected chi connectivity index (χ4v) is 1.08. The number of allylic oxidation sites excluding steroid dienone is 1. The highest BCUT2D eigenvalue weighted by atomic mass is 16.6. The van der Waals surface area contributed by atoms with Gasteiger partial charge < -0.3 is 10.5 Å². The lowest BCUT2D eigenvalue weighted by Gasteiger charge is -2.06. The Labute approximate surface area is 106 Å². The van der Waals surface area contributed by atoms with Gasteiger partial charge in [0.05, 0.1) is 0 Å². The van der Waals surface area contributed by atoms with Crippen LogP contribution in [0.25, 0.3) is 0 Å². The second-order valence-electron chi connectivity index (χ2n) is 3.99. The van der Waals surface area contributed by atoms with Crippen LogP contribution in [-0.2, 0) is 4.79 Å². The first-order valence-corrected chi connectivity index (χ1v) is 5.54. The number of para-hydroxylation sites is 1. The number of amides is 2. The van der Waals surface area contributed by atoms with E-state index in [0.717, 1.165) is 0 Å². The van der Waals surface area contributed by atoms with Gasteiger partial charge in [0.25, 0.3) is 5.91 Å². The average Bonchev–Trinajstić information content (AvgIpc) is 2.29. The number of ether oxygens (including phenoxy) is 1. The average molecular weight is 248 g/mol. The highest BCUT2D eigenvalue weighted by Gasteiger charge is 2.09. The maximum Gasteiger partial charge on any atom is 0.419 e. The van der Waals surface area contributed by atoms with Gasteiger partial charge in [0.2, 0.25) is 0 Å². The third kappa shape index (κ3) is 4.69. The summed E-state index contributed by atoms with van der Waals surface area (Å²) in [7, 11) is 0. The van der Waals surface area contributed by atoms with Crippen LogP contribution >= 0.6 is 0 Å². The van der Waals surface area contributed by atoms with Crippen LogP contribution in [0, 0.1) is 5.92 Å². The van der Waals surface area contributed by atoms with E-state index in [1.807, 2.05) is 13.8 Å². The molecule has 0 radical (unpaired) electrons. The molecule has 0 spiro atoms. The second kappa shape index (κ2) is 6.44. The molecule has 0 aliphatic heterocycles. The molecule has 18 heavy (non-hydrogen) atoms. The summed E-state index contributed by atoms with van der Waals surface area (Å²) in [6, 6.07) is 8.47. The summed E-state index contributed by atoms with van der Waals surface area (Å²) < 4.78 is 4.89. The van der Waals surface area contributed by atoms with Gasteiger partial charge in [-0.1, -0.05) is 32.0 Å². The van der Waals surface area contributed by atoms with Crippen molar-refractivity contribution in [3.63, 3.8) is 0 Å². The molecule has 2 amide bonds. The molecule has 96 valence electrons. The van der Waals surface area contributed by atoms with Crippen molar-refractivity contribution >= 4 is 12.0 Å². The van der Waals surface area contributed by atoms with E-state index in [4.69, 9.17) is 10.5 Å². The Kier molecular flexibility index (Phi) is 4.92. The molecule has 3 N–H and O–H groups in total. The van der Waals surface area contributed by atoms with Gasteiger partial charge in [0.15, 0.2) is 0 Å². The van der Waals surface area contributed by atoms with Crippen LogP contribution in [0.2, 0.25) is 0 Å². The van der Waals surface area contributed by atoms with Crippen LogP contribution in [0.5, 0.6) is 5.75 Å². The molecule has 1 rings (SSSR count). The number of rotatable bonds is 3. The summed E-state index contributed by atoms with van der Waals surface area (Å²) in [5.74, 6) is -0.188. The maximum absolute atomic E-state index is 11.4. The Morgan fingerprint density at radius 1 is 1.28 bits per heavy atom. The van der Waals surface area contributed by atoms with E-state index < -0.39 is 12.0 Å². The van der Waals surface area contributed by atoms with E-state index >= 15 is 0 Å². The molecule has 0 aliphatic rings. The van der Waals surface area contributed by atoms with Gasteiger partial charge in [0.1, 0.15) is 5.75 Å². The highest BCUT2D eigenvalue weighted by molar-refractivity contribution is 5.99. The summed E-state index contributed by atoms with van der Waals surface area (Å²) in [6.07, 6.45) is 0.343. The van der Waals surface area contributed by atoms with Crippen molar-refractivity contribution in [3.8, 4) is 5.75 Å². The molecule has 0 aromatic heterocycles. The fraction of sp³-hybridized carbons (Fsp3) is 0.231. The summed E-state index contributed by atoms with van der Waals surface area (Å²) in [6.45, 7) is 3.70. The Bertz CT molecular complexity index is 453. The minimum Gasteiger partial charge on any atom is -0.410 e. The number of imide groups is 1. The molecule has 0 unspecified atom stereocenters. The second-order valence-corrected chi connectivity index (χ2v) is 3.99. The van der Waals surface area contributed by atoms with Crippen LogP contribution < -0.4 is 15.8 Å². The van der Waals surface area contributed by atoms with E-state index in [-0.39, 0.29) is 5.92 Å². The zero-order valence-electron chi connectivity index (χ0n) is 10.3. The first-order valence-electron chi connectivity index (χ1n) is 5.54. The van der Waals surface area contributed by atoms with E-state index in [0.29, 0.717) is 11.4 Å². The van der Waals surface area contributed by atoms with Crippen molar-refractivity contribution in [1.82, 2.24) is 5.32 Å². The molecule has 0 atom stereocenters. The summed E-state index contributed by atoms with van der Waals surface area (Å²) in [4.78, 5) is 22.7. The quantitative estimate of drug-likeness (QED) is 0.799. The zero-order valence-corrected chi connectivity index (χ0v) is 10.3. The van der Waals surface area contributed by atoms with Crippen LogP contribution in [-0.4, -0.2) is 12.0 Å². The van der Waals surface area contributed by atoms with Crippen molar-refractivity contribution in [2.75, 3.05) is 0 Å². The van der Waals surface area contributed by atoms with Gasteiger partial charge in [-0.2, -0.15) is 0 Å². The third-order valence-corrected chi connectivity index (χ3v) is 2.14. The van der Waals surface area contributed by atoms with Gasteiger partial charge in [0, 0.05) is 11.8 Å². The van der Waals surface area contributed by atoms with Crippen molar-refractivity contribution in [3.05, 3.63) is 42.1 Å². The maximum atomic E-state index is 11.4. The predicted octanol–water partition coefficient (Wildman–Crippen LogP) is 1.80. The molecule has 0 bridgehead atoms. The first-order chi connectivity index (χ1) is 8.49. The van der Waals surface area contributed by atoms with Crippen LogP contribution in [0.1, 0.15) is 13.8 Å². The first kappa shape index (κ1) is 13.8. The summed E-state index contributed by atoms with van der Waals surface area (Å²) in [5, 5.41) is 2.06. The minimum absolute atomic E-state index is 0.0425. The highest BCUT2D eigenvalue weighted by Crippen LogP contribution is 2.08. The van der Waals surface area contributed by atoms with Gasteiger partial charge in [-0.15, -0.1) is 0 Å². The molecule has 0 aliphatic carbocycles. The van der Waals surface area contributed by atoms with E-state index in [1.165, 1.54) is 6.08 Å². The molecule has 5 heteroatoms. The van der Waals surface area contributed by atoms with Gasteiger partial charge in [-0.3, -0.25) is 10.1 Å². The Morgan fingerprint density at radius 3 is 2.44 bits per heavy atom. The topological polar surface area (TPSA) is 81.4 Å². The molecule has 0 saturated heterocycles. The monoisotopic (exact) mass is 248 g/mol. The molecular formula is C13H16N2O3. The molecular weight excluding hydrogens is 232 g/mol. The van der Waals surface area contributed by atoms with Gasteiger partial charge in [-0.25, -0.2) is 4.79 Å². The van der Waals surface area contributed by atoms with E-state index in [2.05, 4.69) is 5.32 Å². The number of nitrogens with two attached hydrogens (primary N) is 1. The number of carbonyl (C=O) groups is 2. The van der Waals surface area contributed by atoms with Crippen molar-refractivity contribution < 1.29 is 14.3 Å². The number of carbonyl (C=O) groups excluding carboxylic acids is 2. The van der Waals surface area contributed by atoms with Crippen molar-refractivity contribution in [1.29, 1.82) is 0 Å². The summed E-state index contributed by atoms with van der Waals surface area (Å²) in [5.41, 5.74) is 6.00. The number of hydrogen-bond donors (Lipinski definition) is 2. The fourth-order valence-electron chi connectivity index (χ4n) is 1.08. The largest absolute Gasteiger partial charge is 0.419 e. The molecule has 1 aromatic carbocycles. The smallest absolute Gasteiger partial charge is 0.410 e. The van der Waals surface area contributed by atoms with Gasteiger partial charge in [-0.05, 0) is 18.1 Å². The molecule has 0 heterocycles. The molecule has 0 saturated carbocycles. The Balaban J connectivity index is 2.51. The molecule has 5 nitrogen and oxygen atoms in total. The summed E-state index contributed by atoms with van der Waals surface area (Å²) >= 11 is 0. The molecule has 1 aromatic rings. The minimum atomic E-state index is -0.834. The standard InChI is InChI=1S/C13H16N2O3/c1-9(2)11(14)8-12(16)15-13(17)18-10-6-4-3-5-7-10/h3-9H,14H2,1-2H3,(H,15,16,17). The SMILES string of the molecule is CC(C)C(N)=CC(=O)NC(=O)Oc1ccccc1. The Morgan fingerprint density at radius 2 is 1.89 bits per heavy atom. The van der Waals surface area contributed by atoms with Crippen molar-refractivity contribution in [2.45, 2.75) is 13.8 Å². The normalized spacial score (nSPS) is 11.2. The molecule has 0 fully saturated rings. The zero-order chi connectivity index (χ0) is 13.5. The lowest BCUT2D eigenvalue weighted by Crippen LogP contribution is -2.32. The predicted molar refractivity (Wildman–Crippen MR) is 67.7 cm³/mol. The van der Waals surface area contributed by atoms with Gasteiger partial charge >= 0.3 is 6.09 Å². The number of hydrogen-bond acceptors (Lipinski definition) is 4. The van der Waals surface area contributed by atoms with E-state index in [9.17, 15) is 9.59 Å². The van der Waals surface area contributed by atoms with E-state index in [1.54, 1.807) is 30.3 Å². The number of benzene rings is 1. The van der Waals surface area contributed by atoms with Crippen LogP contribution in [0.4, 0.5) is 4.79 Å². The van der Waals surface area contributed by atoms with Crippen LogP contribution in [0.3, 0.4) is 0 Å². The van der Waals surface area contributed by atoms with Crippen molar-refractivity contribution in [2.24, 2.45) is 11.7 Å². The lowest BCUT2D eigenvalue weighted by atomic mass is 10.1. The number of nitrogens with one attached hydrogen (secondary N) is 1.